The molecule has 4 rings (SSSR count). The first kappa shape index (κ1) is 22.9. The Bertz CT molecular complexity index is 1100. The van der Waals surface area contributed by atoms with Gasteiger partial charge >= 0.3 is 0 Å². The third-order valence-electron chi connectivity index (χ3n) is 5.69. The second-order valence-corrected chi connectivity index (χ2v) is 8.95. The van der Waals surface area contributed by atoms with Gasteiger partial charge in [-0.3, -0.25) is 9.59 Å². The third-order valence-corrected chi connectivity index (χ3v) is 6.72. The van der Waals surface area contributed by atoms with Gasteiger partial charge in [0.2, 0.25) is 5.91 Å². The predicted octanol–water partition coefficient (Wildman–Crippen LogP) is 4.20. The fraction of sp³-hybridized carbons (Fsp3) is 0.269. The van der Waals surface area contributed by atoms with Crippen LogP contribution in [-0.2, 0) is 11.2 Å². The molecule has 0 atom stereocenters. The van der Waals surface area contributed by atoms with Gasteiger partial charge in [-0.05, 0) is 43.2 Å². The minimum Gasteiger partial charge on any atom is -0.496 e. The van der Waals surface area contributed by atoms with Crippen molar-refractivity contribution in [3.8, 4) is 5.75 Å². The number of pyridine rings is 1. The summed E-state index contributed by atoms with van der Waals surface area (Å²) in [6.07, 6.45) is 3.47. The molecule has 2 heterocycles. The summed E-state index contributed by atoms with van der Waals surface area (Å²) in [5.41, 5.74) is 1.46. The normalized spacial score (nSPS) is 14.0. The molecule has 1 fully saturated rings. The number of para-hydroxylation sites is 1. The third kappa shape index (κ3) is 5.93. The highest BCUT2D eigenvalue weighted by molar-refractivity contribution is 7.99. The first-order chi connectivity index (χ1) is 16.1. The number of piperidine rings is 1. The average molecular weight is 462 g/mol. The van der Waals surface area contributed by atoms with Crippen molar-refractivity contribution < 1.29 is 14.3 Å². The van der Waals surface area contributed by atoms with Crippen molar-refractivity contribution in [1.29, 1.82) is 0 Å². The Balaban J connectivity index is 1.32. The summed E-state index contributed by atoms with van der Waals surface area (Å²) in [6, 6.07) is 21.1. The van der Waals surface area contributed by atoms with Gasteiger partial charge in [-0.1, -0.05) is 48.2 Å². The Kier molecular flexibility index (Phi) is 7.62. The smallest absolute Gasteiger partial charge is 0.254 e. The maximum absolute atomic E-state index is 13.0. The van der Waals surface area contributed by atoms with Crippen molar-refractivity contribution in [2.45, 2.75) is 35.2 Å². The Morgan fingerprint density at radius 2 is 1.76 bits per heavy atom. The van der Waals surface area contributed by atoms with E-state index in [9.17, 15) is 9.59 Å². The maximum atomic E-state index is 13.0. The van der Waals surface area contributed by atoms with Crippen molar-refractivity contribution in [1.82, 2.24) is 15.2 Å². The van der Waals surface area contributed by atoms with Crippen molar-refractivity contribution in [2.75, 3.05) is 20.2 Å². The zero-order valence-electron chi connectivity index (χ0n) is 18.6. The summed E-state index contributed by atoms with van der Waals surface area (Å²) in [6.45, 7) is 1.25. The molecule has 170 valence electrons. The van der Waals surface area contributed by atoms with Gasteiger partial charge in [0.05, 0.1) is 19.1 Å². The van der Waals surface area contributed by atoms with E-state index in [1.807, 2.05) is 59.5 Å². The number of nitrogens with zero attached hydrogens (tertiary/aromatic N) is 2. The van der Waals surface area contributed by atoms with Crippen LogP contribution >= 0.6 is 11.8 Å². The van der Waals surface area contributed by atoms with E-state index in [1.165, 1.54) is 11.8 Å². The lowest BCUT2D eigenvalue weighted by Crippen LogP contribution is -2.47. The van der Waals surface area contributed by atoms with Gasteiger partial charge in [0, 0.05) is 35.8 Å². The highest BCUT2D eigenvalue weighted by atomic mass is 32.2. The van der Waals surface area contributed by atoms with Crippen LogP contribution in [0.4, 0.5) is 0 Å². The van der Waals surface area contributed by atoms with Crippen LogP contribution < -0.4 is 10.1 Å². The maximum Gasteiger partial charge on any atom is 0.254 e. The van der Waals surface area contributed by atoms with Crippen LogP contribution in [0.3, 0.4) is 0 Å². The lowest BCUT2D eigenvalue weighted by atomic mass is 10.0. The van der Waals surface area contributed by atoms with E-state index >= 15 is 0 Å². The molecule has 6 nitrogen and oxygen atoms in total. The molecule has 33 heavy (non-hydrogen) atoms. The second kappa shape index (κ2) is 11.0. The number of nitrogens with one attached hydrogen (secondary N) is 1. The SMILES string of the molecule is COc1ccccc1CC(=O)N1CCC(NC(=O)c2cccnc2Sc2ccccc2)CC1. The number of aromatic nitrogens is 1. The van der Waals surface area contributed by atoms with Crippen molar-refractivity contribution in [2.24, 2.45) is 0 Å². The largest absolute Gasteiger partial charge is 0.496 e. The fourth-order valence-electron chi connectivity index (χ4n) is 3.91. The molecule has 0 saturated carbocycles. The van der Waals surface area contributed by atoms with Gasteiger partial charge < -0.3 is 15.0 Å². The Morgan fingerprint density at radius 1 is 1.03 bits per heavy atom. The van der Waals surface area contributed by atoms with Crippen LogP contribution in [0.2, 0.25) is 0 Å². The second-order valence-electron chi connectivity index (χ2n) is 7.89. The Labute approximate surface area is 198 Å². The number of benzene rings is 2. The molecule has 2 amide bonds. The summed E-state index contributed by atoms with van der Waals surface area (Å²) in [4.78, 5) is 33.1. The Morgan fingerprint density at radius 3 is 2.52 bits per heavy atom. The van der Waals surface area contributed by atoms with Crippen LogP contribution in [0.1, 0.15) is 28.8 Å². The quantitative estimate of drug-likeness (QED) is 0.571. The molecular formula is C26H27N3O3S. The predicted molar refractivity (Wildman–Crippen MR) is 129 cm³/mol. The number of methoxy groups -OCH3 is 1. The standard InChI is InChI=1S/C26H27N3O3S/c1-32-23-12-6-5-8-19(23)18-24(30)29-16-13-20(14-17-29)28-25(31)22-11-7-15-27-26(22)33-21-9-3-2-4-10-21/h2-12,15,20H,13-14,16-18H2,1H3,(H,28,31). The zero-order valence-corrected chi connectivity index (χ0v) is 19.4. The van der Waals surface area contributed by atoms with E-state index in [2.05, 4.69) is 10.3 Å². The molecular weight excluding hydrogens is 434 g/mol. The van der Waals surface area contributed by atoms with E-state index in [0.717, 1.165) is 29.1 Å². The number of ether oxygens (including phenoxy) is 1. The van der Waals surface area contributed by atoms with Gasteiger partial charge in [-0.15, -0.1) is 0 Å². The van der Waals surface area contributed by atoms with Crippen LogP contribution in [-0.4, -0.2) is 47.9 Å². The minimum absolute atomic E-state index is 0.0302. The van der Waals surface area contributed by atoms with Crippen LogP contribution in [0, 0.1) is 0 Å². The molecule has 2 aromatic carbocycles. The number of amides is 2. The average Bonchev–Trinajstić information content (AvgIpc) is 2.85. The first-order valence-electron chi connectivity index (χ1n) is 11.0. The van der Waals surface area contributed by atoms with Crippen LogP contribution in [0.5, 0.6) is 5.75 Å². The first-order valence-corrected chi connectivity index (χ1v) is 11.8. The molecule has 0 aliphatic carbocycles. The summed E-state index contributed by atoms with van der Waals surface area (Å²) in [7, 11) is 1.61. The number of rotatable bonds is 7. The van der Waals surface area contributed by atoms with Crippen molar-refractivity contribution in [3.63, 3.8) is 0 Å². The summed E-state index contributed by atoms with van der Waals surface area (Å²) < 4.78 is 5.36. The summed E-state index contributed by atoms with van der Waals surface area (Å²) in [5, 5.41) is 3.82. The van der Waals surface area contributed by atoms with Crippen molar-refractivity contribution in [3.05, 3.63) is 84.1 Å². The van der Waals surface area contributed by atoms with E-state index in [4.69, 9.17) is 4.74 Å². The number of hydrogen-bond acceptors (Lipinski definition) is 5. The number of carbonyl (C=O) groups excluding carboxylic acids is 2. The number of hydrogen-bond donors (Lipinski definition) is 1. The molecule has 0 unspecified atom stereocenters. The van der Waals surface area contributed by atoms with E-state index in [-0.39, 0.29) is 17.9 Å². The zero-order chi connectivity index (χ0) is 23.0. The summed E-state index contributed by atoms with van der Waals surface area (Å²) in [5.74, 6) is 0.687. The minimum atomic E-state index is -0.125. The van der Waals surface area contributed by atoms with Crippen LogP contribution in [0.25, 0.3) is 0 Å². The lowest BCUT2D eigenvalue weighted by molar-refractivity contribution is -0.131. The molecule has 7 heteroatoms. The highest BCUT2D eigenvalue weighted by Gasteiger charge is 2.25. The molecule has 1 aliphatic heterocycles. The van der Waals surface area contributed by atoms with Gasteiger partial charge in [0.1, 0.15) is 10.8 Å². The summed E-state index contributed by atoms with van der Waals surface area (Å²) >= 11 is 1.48. The molecule has 1 N–H and O–H groups in total. The van der Waals surface area contributed by atoms with E-state index in [0.29, 0.717) is 30.1 Å². The lowest BCUT2D eigenvalue weighted by Gasteiger charge is -2.32. The van der Waals surface area contributed by atoms with Gasteiger partial charge in [-0.25, -0.2) is 4.98 Å². The van der Waals surface area contributed by atoms with Gasteiger partial charge in [0.15, 0.2) is 0 Å². The molecule has 3 aromatic rings. The highest BCUT2D eigenvalue weighted by Crippen LogP contribution is 2.28. The van der Waals surface area contributed by atoms with Gasteiger partial charge in [-0.2, -0.15) is 0 Å². The van der Waals surface area contributed by atoms with E-state index < -0.39 is 0 Å². The molecule has 0 radical (unpaired) electrons. The molecule has 1 saturated heterocycles. The number of likely N-dealkylation sites (tertiary alicyclic amines) is 1. The molecule has 0 spiro atoms. The Hall–Kier alpha value is -3.32. The molecule has 1 aliphatic rings. The van der Waals surface area contributed by atoms with Gasteiger partial charge in [0.25, 0.3) is 5.91 Å². The fourth-order valence-corrected chi connectivity index (χ4v) is 4.81. The number of carbonyl (C=O) groups is 2. The van der Waals surface area contributed by atoms with Crippen LogP contribution in [0.15, 0.2) is 82.8 Å². The topological polar surface area (TPSA) is 71.5 Å². The molecule has 0 bridgehead atoms. The van der Waals surface area contributed by atoms with Crippen molar-refractivity contribution >= 4 is 23.6 Å². The monoisotopic (exact) mass is 461 g/mol. The molecule has 1 aromatic heterocycles. The van der Waals surface area contributed by atoms with E-state index in [1.54, 1.807) is 25.4 Å².